The average molecular weight is 387 g/mol. The number of ether oxygens (including phenoxy) is 1. The molecule has 1 aromatic carbocycles. The fourth-order valence-electron chi connectivity index (χ4n) is 3.23. The first-order valence-electron chi connectivity index (χ1n) is 9.20. The second kappa shape index (κ2) is 10.1. The number of aliphatic hydroxyl groups excluding tert-OH is 1. The standard InChI is InChI=1S/C19H30N2O4.ClH/c1-19(2,3)20-12-16(22)13-25-18-10-9-15(11-17(18)21(23)24)14-7-5-4-6-8-14;/h9-11,14,16,20,22H,4-8,12-13H2,1-3H3;1H. The lowest BCUT2D eigenvalue weighted by Crippen LogP contribution is -3.00. The Morgan fingerprint density at radius 1 is 1.31 bits per heavy atom. The van der Waals surface area contributed by atoms with Crippen molar-refractivity contribution in [3.63, 3.8) is 0 Å². The molecule has 1 unspecified atom stereocenters. The van der Waals surface area contributed by atoms with Gasteiger partial charge >= 0.3 is 5.69 Å². The zero-order chi connectivity index (χ0) is 18.4. The molecule has 1 aliphatic rings. The van der Waals surface area contributed by atoms with E-state index >= 15 is 0 Å². The van der Waals surface area contributed by atoms with Crippen LogP contribution in [0.5, 0.6) is 5.75 Å². The lowest BCUT2D eigenvalue weighted by atomic mass is 9.84. The highest BCUT2D eigenvalue weighted by molar-refractivity contribution is 5.49. The van der Waals surface area contributed by atoms with E-state index in [0.717, 1.165) is 18.4 Å². The highest BCUT2D eigenvalue weighted by Gasteiger charge is 2.23. The molecule has 1 fully saturated rings. The minimum atomic E-state index is -0.670. The molecule has 0 aromatic heterocycles. The van der Waals surface area contributed by atoms with Crippen LogP contribution in [0, 0.1) is 10.1 Å². The van der Waals surface area contributed by atoms with Crippen LogP contribution in [0.25, 0.3) is 0 Å². The summed E-state index contributed by atoms with van der Waals surface area (Å²) in [7, 11) is 0. The Hall–Kier alpha value is -1.37. The molecule has 3 N–H and O–H groups in total. The highest BCUT2D eigenvalue weighted by Crippen LogP contribution is 2.37. The van der Waals surface area contributed by atoms with Crippen LogP contribution in [0.2, 0.25) is 0 Å². The van der Waals surface area contributed by atoms with Crippen LogP contribution in [-0.4, -0.2) is 34.8 Å². The van der Waals surface area contributed by atoms with Crippen molar-refractivity contribution in [1.82, 2.24) is 0 Å². The molecule has 0 radical (unpaired) electrons. The molecule has 0 saturated heterocycles. The van der Waals surface area contributed by atoms with Gasteiger partial charge in [-0.3, -0.25) is 10.1 Å². The molecule has 26 heavy (non-hydrogen) atoms. The molecule has 1 aromatic rings. The molecule has 1 aliphatic carbocycles. The Balaban J connectivity index is 0.00000338. The van der Waals surface area contributed by atoms with E-state index in [2.05, 4.69) is 20.8 Å². The maximum Gasteiger partial charge on any atom is 0.311 e. The number of nitro benzene ring substituents is 1. The Kier molecular flexibility index (Phi) is 8.80. The topological polar surface area (TPSA) is 89.2 Å². The third-order valence-electron chi connectivity index (χ3n) is 4.69. The first kappa shape index (κ1) is 22.7. The summed E-state index contributed by atoms with van der Waals surface area (Å²) in [5, 5.41) is 23.5. The molecular weight excluding hydrogens is 356 g/mol. The summed E-state index contributed by atoms with van der Waals surface area (Å²) < 4.78 is 5.56. The Morgan fingerprint density at radius 3 is 2.54 bits per heavy atom. The van der Waals surface area contributed by atoms with E-state index in [1.807, 2.05) is 11.4 Å². The molecule has 0 aliphatic heterocycles. The molecule has 0 amide bonds. The molecule has 1 saturated carbocycles. The fourth-order valence-corrected chi connectivity index (χ4v) is 3.23. The number of quaternary nitrogens is 1. The first-order valence-corrected chi connectivity index (χ1v) is 9.20. The summed E-state index contributed by atoms with van der Waals surface area (Å²) in [5.41, 5.74) is 1.05. The number of benzene rings is 1. The number of aliphatic hydroxyl groups is 1. The van der Waals surface area contributed by atoms with Gasteiger partial charge in [0.1, 0.15) is 19.3 Å². The number of hydrogen-bond donors (Lipinski definition) is 2. The lowest BCUT2D eigenvalue weighted by Gasteiger charge is -2.22. The van der Waals surface area contributed by atoms with Crippen LogP contribution in [0.3, 0.4) is 0 Å². The van der Waals surface area contributed by atoms with Crippen LogP contribution >= 0.6 is 0 Å². The van der Waals surface area contributed by atoms with E-state index in [0.29, 0.717) is 12.5 Å². The van der Waals surface area contributed by atoms with Gasteiger partial charge in [0.2, 0.25) is 0 Å². The van der Waals surface area contributed by atoms with Gasteiger partial charge in [-0.15, -0.1) is 0 Å². The maximum absolute atomic E-state index is 11.4. The zero-order valence-corrected chi connectivity index (χ0v) is 16.7. The number of halogens is 1. The van der Waals surface area contributed by atoms with Gasteiger partial charge < -0.3 is 27.6 Å². The van der Waals surface area contributed by atoms with Crippen LogP contribution in [0.4, 0.5) is 5.69 Å². The monoisotopic (exact) mass is 386 g/mol. The van der Waals surface area contributed by atoms with E-state index in [4.69, 9.17) is 4.74 Å². The molecule has 6 nitrogen and oxygen atoms in total. The second-order valence-electron chi connectivity index (χ2n) is 8.09. The van der Waals surface area contributed by atoms with E-state index in [1.54, 1.807) is 12.1 Å². The Labute approximate surface area is 161 Å². The number of nitrogens with zero attached hydrogens (tertiary/aromatic N) is 1. The second-order valence-corrected chi connectivity index (χ2v) is 8.09. The van der Waals surface area contributed by atoms with Gasteiger partial charge in [0.15, 0.2) is 5.75 Å². The first-order chi connectivity index (χ1) is 11.8. The smallest absolute Gasteiger partial charge is 0.311 e. The molecule has 0 heterocycles. The van der Waals surface area contributed by atoms with Crippen LogP contribution in [-0.2, 0) is 0 Å². The predicted octanol–water partition coefficient (Wildman–Crippen LogP) is -0.252. The van der Waals surface area contributed by atoms with Crippen molar-refractivity contribution in [2.75, 3.05) is 13.2 Å². The molecular formula is C19H31ClN2O4. The summed E-state index contributed by atoms with van der Waals surface area (Å²) in [5.74, 6) is 0.646. The quantitative estimate of drug-likeness (QED) is 0.499. The summed E-state index contributed by atoms with van der Waals surface area (Å²) in [6.45, 7) is 6.74. The molecule has 2 rings (SSSR count). The van der Waals surface area contributed by atoms with E-state index in [1.165, 1.54) is 19.3 Å². The van der Waals surface area contributed by atoms with Crippen molar-refractivity contribution in [3.8, 4) is 5.75 Å². The highest BCUT2D eigenvalue weighted by atomic mass is 35.5. The van der Waals surface area contributed by atoms with Crippen molar-refractivity contribution in [1.29, 1.82) is 0 Å². The van der Waals surface area contributed by atoms with E-state index < -0.39 is 11.0 Å². The molecule has 7 heteroatoms. The summed E-state index contributed by atoms with van der Waals surface area (Å²) in [4.78, 5) is 11.0. The summed E-state index contributed by atoms with van der Waals surface area (Å²) in [6, 6.07) is 5.27. The van der Waals surface area contributed by atoms with Gasteiger partial charge in [0.25, 0.3) is 0 Å². The van der Waals surface area contributed by atoms with Gasteiger partial charge in [0, 0.05) is 6.07 Å². The number of nitrogens with two attached hydrogens (primary N) is 1. The van der Waals surface area contributed by atoms with E-state index in [9.17, 15) is 15.2 Å². The van der Waals surface area contributed by atoms with Crippen molar-refractivity contribution >= 4 is 5.69 Å². The number of nitro groups is 1. The van der Waals surface area contributed by atoms with Crippen LogP contribution in [0.1, 0.15) is 64.4 Å². The SMILES string of the molecule is CC(C)(C)[NH2+]CC(O)COc1ccc(C2CCCCC2)cc1[N+](=O)[O-].[Cl-]. The molecule has 0 spiro atoms. The van der Waals surface area contributed by atoms with Gasteiger partial charge in [-0.1, -0.05) is 25.3 Å². The minimum absolute atomic E-state index is 0. The average Bonchev–Trinajstić information content (AvgIpc) is 2.58. The van der Waals surface area contributed by atoms with Crippen molar-refractivity contribution < 1.29 is 32.5 Å². The molecule has 1 atom stereocenters. The number of hydrogen-bond acceptors (Lipinski definition) is 4. The van der Waals surface area contributed by atoms with Crippen molar-refractivity contribution in [2.24, 2.45) is 0 Å². The molecule has 0 bridgehead atoms. The fraction of sp³-hybridized carbons (Fsp3) is 0.684. The summed E-state index contributed by atoms with van der Waals surface area (Å²) >= 11 is 0. The van der Waals surface area contributed by atoms with Crippen molar-refractivity contribution in [3.05, 3.63) is 33.9 Å². The third-order valence-corrected chi connectivity index (χ3v) is 4.69. The lowest BCUT2D eigenvalue weighted by molar-refractivity contribution is -0.722. The zero-order valence-electron chi connectivity index (χ0n) is 15.9. The largest absolute Gasteiger partial charge is 1.00 e. The predicted molar refractivity (Wildman–Crippen MR) is 97.0 cm³/mol. The number of rotatable bonds is 7. The van der Waals surface area contributed by atoms with Crippen LogP contribution < -0.4 is 22.5 Å². The van der Waals surface area contributed by atoms with Gasteiger partial charge in [-0.25, -0.2) is 0 Å². The van der Waals surface area contributed by atoms with Crippen LogP contribution in [0.15, 0.2) is 18.2 Å². The van der Waals surface area contributed by atoms with E-state index in [-0.39, 0.29) is 36.0 Å². The van der Waals surface area contributed by atoms with Gasteiger partial charge in [-0.05, 0) is 51.2 Å². The summed E-state index contributed by atoms with van der Waals surface area (Å²) in [6.07, 6.45) is 5.15. The molecule has 148 valence electrons. The third kappa shape index (κ3) is 7.09. The Morgan fingerprint density at radius 2 is 1.96 bits per heavy atom. The normalized spacial score (nSPS) is 16.6. The van der Waals surface area contributed by atoms with Crippen molar-refractivity contribution in [2.45, 2.75) is 70.4 Å². The van der Waals surface area contributed by atoms with Gasteiger partial charge in [0.05, 0.1) is 10.5 Å². The maximum atomic E-state index is 11.4. The minimum Gasteiger partial charge on any atom is -1.00 e. The van der Waals surface area contributed by atoms with Gasteiger partial charge in [-0.2, -0.15) is 0 Å². The Bertz CT molecular complexity index is 583.